The molecule has 1 unspecified atom stereocenters. The van der Waals surface area contributed by atoms with Crippen LogP contribution in [0.2, 0.25) is 0 Å². The number of aliphatic hydroxyl groups excluding tert-OH is 2. The molecule has 4 atom stereocenters. The average molecular weight is 298 g/mol. The molecule has 0 aliphatic carbocycles. The van der Waals surface area contributed by atoms with E-state index in [2.05, 4.69) is 0 Å². The van der Waals surface area contributed by atoms with Crippen molar-refractivity contribution in [1.82, 2.24) is 0 Å². The Labute approximate surface area is 131 Å². The highest BCUT2D eigenvalue weighted by Crippen LogP contribution is 2.34. The summed E-state index contributed by atoms with van der Waals surface area (Å²) in [5.41, 5.74) is 1.97. The van der Waals surface area contributed by atoms with E-state index in [0.717, 1.165) is 11.1 Å². The molecule has 0 radical (unpaired) electrons. The third-order valence-corrected chi connectivity index (χ3v) is 4.22. The van der Waals surface area contributed by atoms with Crippen molar-refractivity contribution in [3.63, 3.8) is 0 Å². The first-order valence-corrected chi connectivity index (χ1v) is 7.84. The fourth-order valence-electron chi connectivity index (χ4n) is 3.08. The topological polar surface area (TPSA) is 49.7 Å². The van der Waals surface area contributed by atoms with E-state index in [0.29, 0.717) is 19.3 Å². The summed E-state index contributed by atoms with van der Waals surface area (Å²) in [4.78, 5) is 0. The molecule has 1 saturated heterocycles. The molecule has 1 aliphatic heterocycles. The van der Waals surface area contributed by atoms with Gasteiger partial charge >= 0.3 is 0 Å². The van der Waals surface area contributed by atoms with Crippen molar-refractivity contribution in [1.29, 1.82) is 0 Å². The smallest absolute Gasteiger partial charge is 0.0853 e. The summed E-state index contributed by atoms with van der Waals surface area (Å²) in [6.07, 6.45) is 0.515. The lowest BCUT2D eigenvalue weighted by Gasteiger charge is -2.34. The molecule has 3 heteroatoms. The van der Waals surface area contributed by atoms with Crippen LogP contribution in [0.15, 0.2) is 60.7 Å². The molecule has 0 amide bonds. The quantitative estimate of drug-likeness (QED) is 0.909. The lowest BCUT2D eigenvalue weighted by molar-refractivity contribution is -0.111. The number of rotatable bonds is 4. The van der Waals surface area contributed by atoms with Gasteiger partial charge in [0.25, 0.3) is 0 Å². The number of hydrogen-bond acceptors (Lipinski definition) is 3. The Bertz CT molecular complexity index is 568. The normalized spacial score (nSPS) is 26.5. The predicted octanol–water partition coefficient (Wildman–Crippen LogP) is 3.39. The van der Waals surface area contributed by atoms with Gasteiger partial charge < -0.3 is 14.9 Å². The van der Waals surface area contributed by atoms with Crippen LogP contribution in [0.25, 0.3) is 0 Å². The minimum Gasteiger partial charge on any atom is -0.393 e. The molecule has 2 aromatic carbocycles. The van der Waals surface area contributed by atoms with E-state index in [4.69, 9.17) is 4.74 Å². The van der Waals surface area contributed by atoms with Gasteiger partial charge in [0.1, 0.15) is 0 Å². The number of ether oxygens (including phenoxy) is 1. The summed E-state index contributed by atoms with van der Waals surface area (Å²) in [7, 11) is 0. The first-order valence-electron chi connectivity index (χ1n) is 7.84. The van der Waals surface area contributed by atoms with E-state index in [1.54, 1.807) is 0 Å². The van der Waals surface area contributed by atoms with Gasteiger partial charge in [0.05, 0.1) is 24.4 Å². The van der Waals surface area contributed by atoms with Crippen molar-refractivity contribution in [3.8, 4) is 0 Å². The van der Waals surface area contributed by atoms with Gasteiger partial charge in [-0.2, -0.15) is 0 Å². The standard InChI is InChI=1S/C19H22O3/c20-16-11-17(13-18(21)14-7-3-1-4-8-14)22-19(12-16)15-9-5-2-6-10-15/h1-10,16-21H,11-13H2/t16-,17-,18?,19+/m1/s1. The molecule has 1 aliphatic rings. The van der Waals surface area contributed by atoms with E-state index in [1.165, 1.54) is 0 Å². The Kier molecular flexibility index (Phi) is 4.88. The van der Waals surface area contributed by atoms with Gasteiger partial charge in [-0.05, 0) is 17.5 Å². The summed E-state index contributed by atoms with van der Waals surface area (Å²) in [5, 5.41) is 20.5. The van der Waals surface area contributed by atoms with Gasteiger partial charge in [-0.1, -0.05) is 60.7 Å². The van der Waals surface area contributed by atoms with E-state index < -0.39 is 6.10 Å². The van der Waals surface area contributed by atoms with E-state index >= 15 is 0 Å². The van der Waals surface area contributed by atoms with Crippen LogP contribution >= 0.6 is 0 Å². The average Bonchev–Trinajstić information content (AvgIpc) is 2.56. The number of benzene rings is 2. The second-order valence-corrected chi connectivity index (χ2v) is 5.94. The zero-order valence-electron chi connectivity index (χ0n) is 12.5. The molecule has 0 saturated carbocycles. The van der Waals surface area contributed by atoms with Crippen molar-refractivity contribution in [3.05, 3.63) is 71.8 Å². The second-order valence-electron chi connectivity index (χ2n) is 5.94. The predicted molar refractivity (Wildman–Crippen MR) is 85.3 cm³/mol. The Morgan fingerprint density at radius 3 is 2.27 bits per heavy atom. The Morgan fingerprint density at radius 2 is 1.59 bits per heavy atom. The van der Waals surface area contributed by atoms with Crippen LogP contribution in [-0.4, -0.2) is 22.4 Å². The molecule has 2 aromatic rings. The summed E-state index contributed by atoms with van der Waals surface area (Å²) in [5.74, 6) is 0. The summed E-state index contributed by atoms with van der Waals surface area (Å²) >= 11 is 0. The monoisotopic (exact) mass is 298 g/mol. The van der Waals surface area contributed by atoms with Crippen LogP contribution in [0, 0.1) is 0 Å². The molecule has 1 heterocycles. The van der Waals surface area contributed by atoms with Crippen LogP contribution in [0.4, 0.5) is 0 Å². The summed E-state index contributed by atoms with van der Waals surface area (Å²) in [6, 6.07) is 19.6. The van der Waals surface area contributed by atoms with Crippen molar-refractivity contribution in [2.24, 2.45) is 0 Å². The first kappa shape index (κ1) is 15.2. The van der Waals surface area contributed by atoms with Crippen molar-refractivity contribution in [2.45, 2.75) is 43.7 Å². The molecule has 2 N–H and O–H groups in total. The van der Waals surface area contributed by atoms with E-state index in [9.17, 15) is 10.2 Å². The first-order chi connectivity index (χ1) is 10.7. The second kappa shape index (κ2) is 7.05. The number of aliphatic hydroxyl groups is 2. The number of hydrogen-bond donors (Lipinski definition) is 2. The van der Waals surface area contributed by atoms with Gasteiger partial charge in [-0.3, -0.25) is 0 Å². The van der Waals surface area contributed by atoms with Crippen molar-refractivity contribution >= 4 is 0 Å². The summed E-state index contributed by atoms with van der Waals surface area (Å²) in [6.45, 7) is 0. The highest BCUT2D eigenvalue weighted by atomic mass is 16.5. The van der Waals surface area contributed by atoms with Gasteiger partial charge in [0.2, 0.25) is 0 Å². The zero-order valence-corrected chi connectivity index (χ0v) is 12.5. The van der Waals surface area contributed by atoms with Crippen LogP contribution in [-0.2, 0) is 4.74 Å². The Morgan fingerprint density at radius 1 is 0.955 bits per heavy atom. The highest BCUT2D eigenvalue weighted by Gasteiger charge is 2.30. The largest absolute Gasteiger partial charge is 0.393 e. The van der Waals surface area contributed by atoms with Crippen LogP contribution in [0.3, 0.4) is 0 Å². The highest BCUT2D eigenvalue weighted by molar-refractivity contribution is 5.19. The third kappa shape index (κ3) is 3.74. The maximum absolute atomic E-state index is 10.4. The van der Waals surface area contributed by atoms with E-state index in [-0.39, 0.29) is 18.3 Å². The minimum absolute atomic E-state index is 0.0991. The fraction of sp³-hybridized carbons (Fsp3) is 0.368. The Hall–Kier alpha value is -1.68. The Balaban J connectivity index is 1.66. The van der Waals surface area contributed by atoms with Crippen molar-refractivity contribution in [2.75, 3.05) is 0 Å². The lowest BCUT2D eigenvalue weighted by Crippen LogP contribution is -2.32. The maximum atomic E-state index is 10.4. The molecule has 116 valence electrons. The maximum Gasteiger partial charge on any atom is 0.0853 e. The molecule has 22 heavy (non-hydrogen) atoms. The molecular weight excluding hydrogens is 276 g/mol. The lowest BCUT2D eigenvalue weighted by atomic mass is 9.92. The molecule has 3 nitrogen and oxygen atoms in total. The minimum atomic E-state index is -0.562. The molecule has 0 spiro atoms. The molecule has 0 bridgehead atoms. The zero-order chi connectivity index (χ0) is 15.4. The third-order valence-electron chi connectivity index (χ3n) is 4.22. The van der Waals surface area contributed by atoms with Gasteiger partial charge in [0, 0.05) is 12.8 Å². The van der Waals surface area contributed by atoms with E-state index in [1.807, 2.05) is 60.7 Å². The fourth-order valence-corrected chi connectivity index (χ4v) is 3.08. The van der Waals surface area contributed by atoms with Gasteiger partial charge in [0.15, 0.2) is 0 Å². The molecule has 1 fully saturated rings. The van der Waals surface area contributed by atoms with Crippen molar-refractivity contribution < 1.29 is 14.9 Å². The summed E-state index contributed by atoms with van der Waals surface area (Å²) < 4.78 is 6.12. The SMILES string of the molecule is OC(C[C@H]1C[C@@H](O)C[C@@H](c2ccccc2)O1)c1ccccc1. The molecule has 0 aromatic heterocycles. The van der Waals surface area contributed by atoms with Crippen LogP contribution < -0.4 is 0 Å². The van der Waals surface area contributed by atoms with Crippen LogP contribution in [0.5, 0.6) is 0 Å². The van der Waals surface area contributed by atoms with Gasteiger partial charge in [-0.15, -0.1) is 0 Å². The van der Waals surface area contributed by atoms with Crippen LogP contribution in [0.1, 0.15) is 42.6 Å². The molecular formula is C19H22O3. The molecule has 3 rings (SSSR count). The van der Waals surface area contributed by atoms with Gasteiger partial charge in [-0.25, -0.2) is 0 Å².